The summed E-state index contributed by atoms with van der Waals surface area (Å²) in [5.41, 5.74) is 2.85. The lowest BCUT2D eigenvalue weighted by atomic mass is 9.64. The third-order valence-electron chi connectivity index (χ3n) is 4.64. The Bertz CT molecular complexity index is 324. The van der Waals surface area contributed by atoms with Crippen LogP contribution in [0.4, 0.5) is 0 Å². The van der Waals surface area contributed by atoms with E-state index in [0.29, 0.717) is 11.8 Å². The van der Waals surface area contributed by atoms with E-state index in [2.05, 4.69) is 33.4 Å². The van der Waals surface area contributed by atoms with Crippen molar-refractivity contribution < 1.29 is 5.11 Å². The van der Waals surface area contributed by atoms with E-state index in [1.54, 1.807) is 0 Å². The van der Waals surface area contributed by atoms with Gasteiger partial charge >= 0.3 is 0 Å². The minimum Gasteiger partial charge on any atom is -0.393 e. The number of hydrogen-bond acceptors (Lipinski definition) is 1. The Morgan fingerprint density at radius 2 is 2.12 bits per heavy atom. The van der Waals surface area contributed by atoms with Crippen molar-refractivity contribution in [2.75, 3.05) is 0 Å². The van der Waals surface area contributed by atoms with E-state index >= 15 is 0 Å². The summed E-state index contributed by atoms with van der Waals surface area (Å²) in [4.78, 5) is 0. The summed E-state index contributed by atoms with van der Waals surface area (Å²) in [7, 11) is 0. The fourth-order valence-corrected chi connectivity index (χ4v) is 3.85. The molecule has 2 fully saturated rings. The molecule has 0 heterocycles. The van der Waals surface area contributed by atoms with E-state index in [9.17, 15) is 5.11 Å². The Kier molecular flexibility index (Phi) is 3.00. The van der Waals surface area contributed by atoms with Crippen LogP contribution in [-0.2, 0) is 0 Å². The minimum atomic E-state index is -0.126. The highest BCUT2D eigenvalue weighted by molar-refractivity contribution is 5.21. The molecule has 0 bridgehead atoms. The molecular weight excluding hydrogens is 196 g/mol. The van der Waals surface area contributed by atoms with E-state index in [-0.39, 0.29) is 11.5 Å². The van der Waals surface area contributed by atoms with Gasteiger partial charge in [0, 0.05) is 5.41 Å². The molecule has 0 amide bonds. The number of fused-ring (bicyclic) bond motifs is 1. The van der Waals surface area contributed by atoms with E-state index in [0.717, 1.165) is 19.3 Å². The predicted octanol–water partition coefficient (Wildman–Crippen LogP) is 3.70. The number of hydrogen-bond donors (Lipinski definition) is 1. The van der Waals surface area contributed by atoms with Crippen molar-refractivity contribution in [1.82, 2.24) is 0 Å². The van der Waals surface area contributed by atoms with Crippen LogP contribution in [0.2, 0.25) is 0 Å². The van der Waals surface area contributed by atoms with E-state index < -0.39 is 0 Å². The van der Waals surface area contributed by atoms with Gasteiger partial charge in [-0.3, -0.25) is 0 Å². The second-order valence-corrected chi connectivity index (χ2v) is 6.14. The maximum atomic E-state index is 10.2. The third-order valence-corrected chi connectivity index (χ3v) is 4.64. The molecule has 0 saturated heterocycles. The maximum absolute atomic E-state index is 10.2. The molecule has 1 heteroatoms. The van der Waals surface area contributed by atoms with Crippen LogP contribution in [0, 0.1) is 17.3 Å². The molecule has 2 rings (SSSR count). The average molecular weight is 220 g/mol. The zero-order valence-electron chi connectivity index (χ0n) is 10.8. The zero-order chi connectivity index (χ0) is 11.9. The van der Waals surface area contributed by atoms with Gasteiger partial charge in [-0.05, 0) is 51.4 Å². The molecule has 0 radical (unpaired) electrons. The van der Waals surface area contributed by atoms with Crippen LogP contribution in [0.25, 0.3) is 0 Å². The van der Waals surface area contributed by atoms with Crippen molar-refractivity contribution in [3.05, 3.63) is 23.8 Å². The van der Waals surface area contributed by atoms with E-state index in [1.807, 2.05) is 0 Å². The lowest BCUT2D eigenvalue weighted by Gasteiger charge is -2.43. The molecule has 0 aliphatic heterocycles. The molecule has 4 atom stereocenters. The first-order chi connectivity index (χ1) is 7.45. The molecule has 2 saturated carbocycles. The second kappa shape index (κ2) is 4.03. The first-order valence-electron chi connectivity index (χ1n) is 6.46. The Balaban J connectivity index is 2.30. The first-order valence-corrected chi connectivity index (χ1v) is 6.46. The summed E-state index contributed by atoms with van der Waals surface area (Å²) in [5, 5.41) is 10.2. The number of aliphatic hydroxyl groups is 1. The maximum Gasteiger partial charge on any atom is 0.0602 e. The standard InChI is InChI=1S/C15H24O/c1-10(2)9-12-7-8-15(4)13(16)6-5-11(3)14(12)15/h9,12-14,16H,3,5-8H2,1-2,4H3/t12-,13+,14+,15-/m0/s1. The summed E-state index contributed by atoms with van der Waals surface area (Å²) in [6.45, 7) is 10.8. The van der Waals surface area contributed by atoms with Crippen molar-refractivity contribution in [2.24, 2.45) is 17.3 Å². The largest absolute Gasteiger partial charge is 0.393 e. The molecular formula is C15H24O. The van der Waals surface area contributed by atoms with Gasteiger partial charge in [0.15, 0.2) is 0 Å². The summed E-state index contributed by atoms with van der Waals surface area (Å²) >= 11 is 0. The van der Waals surface area contributed by atoms with Crippen molar-refractivity contribution in [3.63, 3.8) is 0 Å². The van der Waals surface area contributed by atoms with Crippen LogP contribution in [0.3, 0.4) is 0 Å². The molecule has 16 heavy (non-hydrogen) atoms. The molecule has 0 aromatic rings. The number of allylic oxidation sites excluding steroid dienone is 3. The summed E-state index contributed by atoms with van der Waals surface area (Å²) in [6.07, 6.45) is 6.54. The topological polar surface area (TPSA) is 20.2 Å². The van der Waals surface area contributed by atoms with E-state index in [1.165, 1.54) is 17.6 Å². The molecule has 0 spiro atoms. The Labute approximate surface area is 99.3 Å². The molecule has 0 aromatic carbocycles. The third kappa shape index (κ3) is 1.75. The van der Waals surface area contributed by atoms with Crippen LogP contribution in [0.1, 0.15) is 46.5 Å². The van der Waals surface area contributed by atoms with Gasteiger partial charge in [0.05, 0.1) is 6.10 Å². The molecule has 1 N–H and O–H groups in total. The minimum absolute atomic E-state index is 0.0892. The van der Waals surface area contributed by atoms with Crippen LogP contribution in [0.5, 0.6) is 0 Å². The quantitative estimate of drug-likeness (QED) is 0.668. The average Bonchev–Trinajstić information content (AvgIpc) is 2.52. The molecule has 2 aliphatic rings. The monoisotopic (exact) mass is 220 g/mol. The molecule has 2 aliphatic carbocycles. The predicted molar refractivity (Wildman–Crippen MR) is 68.1 cm³/mol. The van der Waals surface area contributed by atoms with Gasteiger partial charge in [-0.15, -0.1) is 0 Å². The molecule has 1 nitrogen and oxygen atoms in total. The first kappa shape index (κ1) is 11.9. The van der Waals surface area contributed by atoms with Crippen LogP contribution < -0.4 is 0 Å². The SMILES string of the molecule is C=C1CC[C@@H](O)[C@]2(C)CC[C@@H](C=C(C)C)[C@@H]12. The van der Waals surface area contributed by atoms with Crippen LogP contribution in [0.15, 0.2) is 23.8 Å². The van der Waals surface area contributed by atoms with Gasteiger partial charge in [-0.1, -0.05) is 30.7 Å². The number of rotatable bonds is 1. The molecule has 0 unspecified atom stereocenters. The van der Waals surface area contributed by atoms with Crippen molar-refractivity contribution in [1.29, 1.82) is 0 Å². The van der Waals surface area contributed by atoms with Gasteiger partial charge in [0.1, 0.15) is 0 Å². The van der Waals surface area contributed by atoms with Gasteiger partial charge in [-0.25, -0.2) is 0 Å². The molecule has 0 aromatic heterocycles. The van der Waals surface area contributed by atoms with Gasteiger partial charge in [0.25, 0.3) is 0 Å². The Morgan fingerprint density at radius 3 is 2.75 bits per heavy atom. The molecule has 90 valence electrons. The van der Waals surface area contributed by atoms with Crippen molar-refractivity contribution in [3.8, 4) is 0 Å². The van der Waals surface area contributed by atoms with Crippen LogP contribution in [-0.4, -0.2) is 11.2 Å². The van der Waals surface area contributed by atoms with Crippen molar-refractivity contribution >= 4 is 0 Å². The summed E-state index contributed by atoms with van der Waals surface area (Å²) in [5.74, 6) is 1.11. The smallest absolute Gasteiger partial charge is 0.0602 e. The lowest BCUT2D eigenvalue weighted by molar-refractivity contribution is -0.00816. The highest BCUT2D eigenvalue weighted by Gasteiger charge is 2.51. The Hall–Kier alpha value is -0.560. The zero-order valence-corrected chi connectivity index (χ0v) is 10.8. The van der Waals surface area contributed by atoms with Gasteiger partial charge in [0.2, 0.25) is 0 Å². The number of aliphatic hydroxyl groups excluding tert-OH is 1. The fraction of sp³-hybridized carbons (Fsp3) is 0.733. The lowest BCUT2D eigenvalue weighted by Crippen LogP contribution is -2.41. The summed E-state index contributed by atoms with van der Waals surface area (Å²) in [6, 6.07) is 0. The van der Waals surface area contributed by atoms with Gasteiger partial charge in [-0.2, -0.15) is 0 Å². The van der Waals surface area contributed by atoms with Crippen molar-refractivity contribution in [2.45, 2.75) is 52.6 Å². The second-order valence-electron chi connectivity index (χ2n) is 6.14. The van der Waals surface area contributed by atoms with Crippen LogP contribution >= 0.6 is 0 Å². The normalized spacial score (nSPS) is 43.0. The summed E-state index contributed by atoms with van der Waals surface area (Å²) < 4.78 is 0. The fourth-order valence-electron chi connectivity index (χ4n) is 3.85. The van der Waals surface area contributed by atoms with E-state index in [4.69, 9.17) is 0 Å². The highest BCUT2D eigenvalue weighted by atomic mass is 16.3. The van der Waals surface area contributed by atoms with Gasteiger partial charge < -0.3 is 5.11 Å². The Morgan fingerprint density at radius 1 is 1.44 bits per heavy atom. The highest BCUT2D eigenvalue weighted by Crippen LogP contribution is 2.56.